The van der Waals surface area contributed by atoms with Crippen molar-refractivity contribution in [1.82, 2.24) is 25.5 Å². The summed E-state index contributed by atoms with van der Waals surface area (Å²) in [6.07, 6.45) is 0.813. The largest absolute Gasteiger partial charge is 0.320 e. The Bertz CT molecular complexity index is 555. The Morgan fingerprint density at radius 3 is 2.74 bits per heavy atom. The van der Waals surface area contributed by atoms with Gasteiger partial charge >= 0.3 is 0 Å². The van der Waals surface area contributed by atoms with Crippen molar-refractivity contribution in [2.45, 2.75) is 19.4 Å². The molecule has 19 heavy (non-hydrogen) atoms. The van der Waals surface area contributed by atoms with Crippen LogP contribution in [0, 0.1) is 6.92 Å². The zero-order valence-corrected chi connectivity index (χ0v) is 12.3. The third-order valence-electron chi connectivity index (χ3n) is 2.80. The van der Waals surface area contributed by atoms with Gasteiger partial charge in [0, 0.05) is 10.0 Å². The Morgan fingerprint density at radius 2 is 2.16 bits per heavy atom. The topological polar surface area (TPSA) is 55.6 Å². The van der Waals surface area contributed by atoms with Gasteiger partial charge in [0.2, 0.25) is 0 Å². The molecule has 0 radical (unpaired) electrons. The van der Waals surface area contributed by atoms with E-state index in [1.54, 1.807) is 10.9 Å². The third kappa shape index (κ3) is 3.43. The van der Waals surface area contributed by atoms with Crippen molar-refractivity contribution in [1.29, 1.82) is 0 Å². The van der Waals surface area contributed by atoms with Crippen molar-refractivity contribution in [3.63, 3.8) is 0 Å². The van der Waals surface area contributed by atoms with E-state index in [2.05, 4.69) is 20.7 Å². The summed E-state index contributed by atoms with van der Waals surface area (Å²) in [5, 5.41) is 16.6. The fraction of sp³-hybridized carbons (Fsp3) is 0.417. The van der Waals surface area contributed by atoms with Crippen LogP contribution in [0.25, 0.3) is 0 Å². The smallest absolute Gasteiger partial charge is 0.171 e. The monoisotopic (exact) mass is 299 g/mol. The van der Waals surface area contributed by atoms with E-state index in [9.17, 15) is 0 Å². The first-order valence-electron chi connectivity index (χ1n) is 5.97. The molecule has 0 saturated carbocycles. The second-order valence-electron chi connectivity index (χ2n) is 4.23. The van der Waals surface area contributed by atoms with Gasteiger partial charge in [0.1, 0.15) is 6.04 Å². The van der Waals surface area contributed by atoms with Crippen molar-refractivity contribution in [3.8, 4) is 0 Å². The number of nitrogens with one attached hydrogen (secondary N) is 1. The van der Waals surface area contributed by atoms with E-state index >= 15 is 0 Å². The Balaban J connectivity index is 2.36. The molecule has 1 atom stereocenters. The molecule has 0 fully saturated rings. The lowest BCUT2D eigenvalue weighted by Gasteiger charge is -2.17. The van der Waals surface area contributed by atoms with Gasteiger partial charge in [-0.1, -0.05) is 29.3 Å². The van der Waals surface area contributed by atoms with Crippen molar-refractivity contribution >= 4 is 23.2 Å². The van der Waals surface area contributed by atoms with Crippen LogP contribution in [0.5, 0.6) is 0 Å². The molecule has 1 unspecified atom stereocenters. The van der Waals surface area contributed by atoms with Gasteiger partial charge in [0.15, 0.2) is 5.82 Å². The summed E-state index contributed by atoms with van der Waals surface area (Å²) in [7, 11) is 1.90. The highest BCUT2D eigenvalue weighted by molar-refractivity contribution is 6.35. The zero-order chi connectivity index (χ0) is 13.8. The molecule has 1 aromatic heterocycles. The third-order valence-corrected chi connectivity index (χ3v) is 3.36. The quantitative estimate of drug-likeness (QED) is 0.921. The molecule has 2 rings (SSSR count). The summed E-state index contributed by atoms with van der Waals surface area (Å²) in [6, 6.07) is 5.40. The highest BCUT2D eigenvalue weighted by Gasteiger charge is 2.19. The number of halogens is 2. The molecule has 1 N–H and O–H groups in total. The van der Waals surface area contributed by atoms with Crippen LogP contribution < -0.4 is 5.32 Å². The Kier molecular flexibility index (Phi) is 4.74. The van der Waals surface area contributed by atoms with E-state index in [-0.39, 0.29) is 6.04 Å². The second kappa shape index (κ2) is 6.32. The molecule has 7 heteroatoms. The van der Waals surface area contributed by atoms with Crippen molar-refractivity contribution in [3.05, 3.63) is 39.6 Å². The maximum Gasteiger partial charge on any atom is 0.171 e. The Hall–Kier alpha value is -1.17. The average molecular weight is 300 g/mol. The lowest BCUT2D eigenvalue weighted by Crippen LogP contribution is -2.20. The van der Waals surface area contributed by atoms with E-state index in [1.165, 1.54) is 0 Å². The summed E-state index contributed by atoms with van der Waals surface area (Å²) in [5.74, 6) is 0.638. The number of nitrogens with zero attached hydrogens (tertiary/aromatic N) is 4. The molecular weight excluding hydrogens is 285 g/mol. The van der Waals surface area contributed by atoms with Crippen LogP contribution in [0.2, 0.25) is 10.0 Å². The number of benzene rings is 1. The van der Waals surface area contributed by atoms with Gasteiger partial charge in [-0.25, -0.2) is 0 Å². The SMILES string of the molecule is CNCCC(c1ccc(Cl)cc1Cl)n1nnc(C)n1. The van der Waals surface area contributed by atoms with Crippen LogP contribution in [0.15, 0.2) is 18.2 Å². The Labute approximate surface area is 121 Å². The highest BCUT2D eigenvalue weighted by Crippen LogP contribution is 2.29. The van der Waals surface area contributed by atoms with Crippen molar-refractivity contribution < 1.29 is 0 Å². The van der Waals surface area contributed by atoms with E-state index < -0.39 is 0 Å². The molecule has 2 aromatic rings. The maximum absolute atomic E-state index is 6.27. The minimum atomic E-state index is -0.0570. The van der Waals surface area contributed by atoms with Crippen LogP contribution in [0.3, 0.4) is 0 Å². The normalized spacial score (nSPS) is 12.6. The summed E-state index contributed by atoms with van der Waals surface area (Å²) < 4.78 is 0. The van der Waals surface area contributed by atoms with Gasteiger partial charge in [-0.2, -0.15) is 4.80 Å². The molecule has 0 saturated heterocycles. The van der Waals surface area contributed by atoms with E-state index in [1.807, 2.05) is 26.1 Å². The number of rotatable bonds is 5. The lowest BCUT2D eigenvalue weighted by molar-refractivity contribution is 0.421. The molecule has 0 spiro atoms. The Morgan fingerprint density at radius 1 is 1.37 bits per heavy atom. The van der Waals surface area contributed by atoms with Gasteiger partial charge in [0.25, 0.3) is 0 Å². The molecule has 1 heterocycles. The summed E-state index contributed by atoms with van der Waals surface area (Å²) in [5.41, 5.74) is 0.943. The van der Waals surface area contributed by atoms with Crippen LogP contribution in [-0.2, 0) is 0 Å². The van der Waals surface area contributed by atoms with Gasteiger partial charge in [-0.3, -0.25) is 0 Å². The number of aromatic nitrogens is 4. The summed E-state index contributed by atoms with van der Waals surface area (Å²) in [4.78, 5) is 1.60. The average Bonchev–Trinajstić information content (AvgIpc) is 2.78. The van der Waals surface area contributed by atoms with Crippen LogP contribution in [-0.4, -0.2) is 33.8 Å². The molecule has 1 aromatic carbocycles. The molecule has 0 amide bonds. The minimum Gasteiger partial charge on any atom is -0.320 e. The van der Waals surface area contributed by atoms with E-state index in [0.717, 1.165) is 18.5 Å². The fourth-order valence-corrected chi connectivity index (χ4v) is 2.41. The molecule has 0 bridgehead atoms. The number of hydrogen-bond acceptors (Lipinski definition) is 4. The van der Waals surface area contributed by atoms with Crippen LogP contribution >= 0.6 is 23.2 Å². The molecule has 0 aliphatic heterocycles. The predicted octanol–water partition coefficient (Wildman–Crippen LogP) is 2.49. The summed E-state index contributed by atoms with van der Waals surface area (Å²) >= 11 is 12.2. The van der Waals surface area contributed by atoms with Gasteiger partial charge in [-0.15, -0.1) is 10.2 Å². The molecule has 5 nitrogen and oxygen atoms in total. The van der Waals surface area contributed by atoms with Crippen molar-refractivity contribution in [2.75, 3.05) is 13.6 Å². The predicted molar refractivity (Wildman–Crippen MR) is 75.7 cm³/mol. The number of tetrazole rings is 1. The first kappa shape index (κ1) is 14.2. The van der Waals surface area contributed by atoms with E-state index in [0.29, 0.717) is 15.9 Å². The van der Waals surface area contributed by atoms with Gasteiger partial charge in [-0.05, 0) is 49.8 Å². The molecule has 0 aliphatic carbocycles. The highest BCUT2D eigenvalue weighted by atomic mass is 35.5. The van der Waals surface area contributed by atoms with Gasteiger partial charge in [0.05, 0.1) is 0 Å². The van der Waals surface area contributed by atoms with Crippen LogP contribution in [0.1, 0.15) is 23.9 Å². The van der Waals surface area contributed by atoms with Crippen LogP contribution in [0.4, 0.5) is 0 Å². The molecular formula is C12H15Cl2N5. The molecule has 0 aliphatic rings. The number of aryl methyl sites for hydroxylation is 1. The molecule has 102 valence electrons. The lowest BCUT2D eigenvalue weighted by atomic mass is 10.0. The van der Waals surface area contributed by atoms with Crippen molar-refractivity contribution in [2.24, 2.45) is 0 Å². The van der Waals surface area contributed by atoms with E-state index in [4.69, 9.17) is 23.2 Å². The minimum absolute atomic E-state index is 0.0570. The van der Waals surface area contributed by atoms with Gasteiger partial charge < -0.3 is 5.32 Å². The first-order chi connectivity index (χ1) is 9.11. The zero-order valence-electron chi connectivity index (χ0n) is 10.8. The fourth-order valence-electron chi connectivity index (χ4n) is 1.88. The standard InChI is InChI=1S/C12H15Cl2N5/c1-8-16-18-19(17-8)12(5-6-15-2)10-4-3-9(13)7-11(10)14/h3-4,7,12,15H,5-6H2,1-2H3. The maximum atomic E-state index is 6.27. The first-order valence-corrected chi connectivity index (χ1v) is 6.73. The summed E-state index contributed by atoms with van der Waals surface area (Å²) in [6.45, 7) is 2.63. The second-order valence-corrected chi connectivity index (χ2v) is 5.07. The number of hydrogen-bond donors (Lipinski definition) is 1.